The number of amides is 1. The molecule has 2 aromatic rings. The van der Waals surface area contributed by atoms with Crippen LogP contribution in [0.4, 0.5) is 10.1 Å². The van der Waals surface area contributed by atoms with Crippen molar-refractivity contribution >= 4 is 38.9 Å². The Hall–Kier alpha value is -1.20. The minimum Gasteiger partial charge on any atom is -0.322 e. The van der Waals surface area contributed by atoms with Crippen molar-refractivity contribution in [2.45, 2.75) is 6.92 Å². The van der Waals surface area contributed by atoms with Crippen LogP contribution in [0, 0.1) is 12.7 Å². The molecule has 1 aromatic carbocycles. The first-order valence-electron chi connectivity index (χ1n) is 4.87. The second-order valence-electron chi connectivity index (χ2n) is 3.61. The van der Waals surface area contributed by atoms with Gasteiger partial charge in [0.2, 0.25) is 0 Å². The third kappa shape index (κ3) is 3.14. The fourth-order valence-corrected chi connectivity index (χ4v) is 2.58. The fraction of sp³-hybridized carbons (Fsp3) is 0.0833. The molecule has 0 fully saturated rings. The van der Waals surface area contributed by atoms with Crippen LogP contribution in [0.1, 0.15) is 15.9 Å². The van der Waals surface area contributed by atoms with Crippen LogP contribution in [0.3, 0.4) is 0 Å². The van der Waals surface area contributed by atoms with E-state index in [9.17, 15) is 9.18 Å². The average molecular weight is 314 g/mol. The summed E-state index contributed by atoms with van der Waals surface area (Å²) in [5.74, 6) is -0.594. The molecule has 0 radical (unpaired) electrons. The number of thiophene rings is 1. The van der Waals surface area contributed by atoms with Gasteiger partial charge in [0.05, 0.1) is 9.35 Å². The predicted octanol–water partition coefficient (Wildman–Crippen LogP) is 4.21. The summed E-state index contributed by atoms with van der Waals surface area (Å²) in [6.07, 6.45) is 0. The summed E-state index contributed by atoms with van der Waals surface area (Å²) in [6, 6.07) is 6.16. The van der Waals surface area contributed by atoms with Crippen molar-refractivity contribution in [2.24, 2.45) is 0 Å². The van der Waals surface area contributed by atoms with Crippen molar-refractivity contribution in [3.05, 3.63) is 50.4 Å². The van der Waals surface area contributed by atoms with Crippen LogP contribution in [0.15, 0.2) is 33.4 Å². The van der Waals surface area contributed by atoms with Gasteiger partial charge in [0.1, 0.15) is 5.82 Å². The normalized spacial score (nSPS) is 10.3. The molecular formula is C12H9BrFNOS. The summed E-state index contributed by atoms with van der Waals surface area (Å²) < 4.78 is 14.0. The number of nitrogens with one attached hydrogen (secondary N) is 1. The summed E-state index contributed by atoms with van der Waals surface area (Å²) in [7, 11) is 0. The minimum atomic E-state index is -0.355. The summed E-state index contributed by atoms with van der Waals surface area (Å²) in [4.78, 5) is 11.8. The van der Waals surface area contributed by atoms with Gasteiger partial charge in [-0.05, 0) is 52.7 Å². The lowest BCUT2D eigenvalue weighted by atomic mass is 10.2. The van der Waals surface area contributed by atoms with Crippen molar-refractivity contribution in [2.75, 3.05) is 5.32 Å². The first kappa shape index (κ1) is 12.3. The zero-order valence-corrected chi connectivity index (χ0v) is 11.4. The van der Waals surface area contributed by atoms with E-state index < -0.39 is 0 Å². The lowest BCUT2D eigenvalue weighted by Crippen LogP contribution is -2.11. The Bertz CT molecular complexity index is 547. The third-order valence-corrected chi connectivity index (χ3v) is 3.63. The standard InChI is InChI=1S/C12H9BrFNOS/c1-7-2-9(14)5-10(3-7)15-12(16)8-4-11(13)17-6-8/h2-6H,1H3,(H,15,16). The van der Waals surface area contributed by atoms with Crippen molar-refractivity contribution in [3.63, 3.8) is 0 Å². The Morgan fingerprint density at radius 1 is 1.35 bits per heavy atom. The lowest BCUT2D eigenvalue weighted by Gasteiger charge is -2.05. The number of aryl methyl sites for hydroxylation is 1. The molecule has 88 valence electrons. The molecule has 0 atom stereocenters. The second kappa shape index (κ2) is 4.98. The monoisotopic (exact) mass is 313 g/mol. The molecule has 2 nitrogen and oxygen atoms in total. The van der Waals surface area contributed by atoms with Gasteiger partial charge in [0.15, 0.2) is 0 Å². The van der Waals surface area contributed by atoms with Gasteiger partial charge in [0.25, 0.3) is 5.91 Å². The molecule has 5 heteroatoms. The maximum atomic E-state index is 13.1. The smallest absolute Gasteiger partial charge is 0.256 e. The first-order chi connectivity index (χ1) is 8.04. The lowest BCUT2D eigenvalue weighted by molar-refractivity contribution is 0.102. The Morgan fingerprint density at radius 3 is 2.71 bits per heavy atom. The van der Waals surface area contributed by atoms with Crippen molar-refractivity contribution < 1.29 is 9.18 Å². The predicted molar refractivity (Wildman–Crippen MR) is 71.1 cm³/mol. The molecule has 0 unspecified atom stereocenters. The van der Waals surface area contributed by atoms with E-state index >= 15 is 0 Å². The molecule has 0 aliphatic carbocycles. The number of carbonyl (C=O) groups excluding carboxylic acids is 1. The Balaban J connectivity index is 2.18. The molecule has 0 spiro atoms. The van der Waals surface area contributed by atoms with E-state index in [1.54, 1.807) is 24.4 Å². The Kier molecular flexibility index (Phi) is 3.59. The molecule has 17 heavy (non-hydrogen) atoms. The van der Waals surface area contributed by atoms with Crippen LogP contribution in [0.5, 0.6) is 0 Å². The first-order valence-corrected chi connectivity index (χ1v) is 6.54. The van der Waals surface area contributed by atoms with E-state index in [1.165, 1.54) is 23.5 Å². The van der Waals surface area contributed by atoms with Crippen LogP contribution in [0.2, 0.25) is 0 Å². The Labute approximate surface area is 111 Å². The van der Waals surface area contributed by atoms with Gasteiger partial charge >= 0.3 is 0 Å². The van der Waals surface area contributed by atoms with Crippen LogP contribution >= 0.6 is 27.3 Å². The number of carbonyl (C=O) groups is 1. The molecule has 0 saturated carbocycles. The van der Waals surface area contributed by atoms with Crippen molar-refractivity contribution in [1.29, 1.82) is 0 Å². The molecule has 0 aliphatic rings. The summed E-state index contributed by atoms with van der Waals surface area (Å²) >= 11 is 4.72. The summed E-state index contributed by atoms with van der Waals surface area (Å²) in [5.41, 5.74) is 1.80. The molecule has 1 N–H and O–H groups in total. The number of benzene rings is 1. The third-order valence-electron chi connectivity index (χ3n) is 2.13. The van der Waals surface area contributed by atoms with E-state index in [0.29, 0.717) is 11.3 Å². The zero-order valence-electron chi connectivity index (χ0n) is 8.96. The highest BCUT2D eigenvalue weighted by Crippen LogP contribution is 2.22. The molecule has 1 amide bonds. The van der Waals surface area contributed by atoms with Crippen LogP contribution in [-0.4, -0.2) is 5.91 Å². The van der Waals surface area contributed by atoms with Crippen molar-refractivity contribution in [3.8, 4) is 0 Å². The maximum absolute atomic E-state index is 13.1. The highest BCUT2D eigenvalue weighted by molar-refractivity contribution is 9.11. The number of halogens is 2. The van der Waals surface area contributed by atoms with Gasteiger partial charge in [0, 0.05) is 11.1 Å². The van der Waals surface area contributed by atoms with Crippen LogP contribution in [-0.2, 0) is 0 Å². The van der Waals surface area contributed by atoms with Gasteiger partial charge in [-0.15, -0.1) is 11.3 Å². The SMILES string of the molecule is Cc1cc(F)cc(NC(=O)c2csc(Br)c2)c1. The summed E-state index contributed by atoms with van der Waals surface area (Å²) in [6.45, 7) is 1.78. The van der Waals surface area contributed by atoms with E-state index in [0.717, 1.165) is 9.35 Å². The van der Waals surface area contributed by atoms with Gasteiger partial charge < -0.3 is 5.32 Å². The van der Waals surface area contributed by atoms with Gasteiger partial charge in [-0.1, -0.05) is 0 Å². The Morgan fingerprint density at radius 2 is 2.12 bits per heavy atom. The highest BCUT2D eigenvalue weighted by Gasteiger charge is 2.08. The summed E-state index contributed by atoms with van der Waals surface area (Å²) in [5, 5.41) is 4.40. The molecule has 2 rings (SSSR count). The minimum absolute atomic E-state index is 0.239. The van der Waals surface area contributed by atoms with E-state index in [2.05, 4.69) is 21.2 Å². The topological polar surface area (TPSA) is 29.1 Å². The molecule has 0 saturated heterocycles. The number of anilines is 1. The number of hydrogen-bond acceptors (Lipinski definition) is 2. The van der Waals surface area contributed by atoms with E-state index in [4.69, 9.17) is 0 Å². The number of hydrogen-bond donors (Lipinski definition) is 1. The molecular weight excluding hydrogens is 305 g/mol. The largest absolute Gasteiger partial charge is 0.322 e. The zero-order chi connectivity index (χ0) is 12.4. The van der Waals surface area contributed by atoms with Gasteiger partial charge in [-0.3, -0.25) is 4.79 Å². The second-order valence-corrected chi connectivity index (χ2v) is 5.90. The maximum Gasteiger partial charge on any atom is 0.256 e. The van der Waals surface area contributed by atoms with Crippen LogP contribution in [0.25, 0.3) is 0 Å². The molecule has 0 aliphatic heterocycles. The quantitative estimate of drug-likeness (QED) is 0.884. The van der Waals surface area contributed by atoms with E-state index in [1.807, 2.05) is 0 Å². The van der Waals surface area contributed by atoms with Crippen molar-refractivity contribution in [1.82, 2.24) is 0 Å². The molecule has 1 aromatic heterocycles. The van der Waals surface area contributed by atoms with Gasteiger partial charge in [-0.25, -0.2) is 4.39 Å². The molecule has 1 heterocycles. The van der Waals surface area contributed by atoms with Gasteiger partial charge in [-0.2, -0.15) is 0 Å². The fourth-order valence-electron chi connectivity index (χ4n) is 1.44. The molecule has 0 bridgehead atoms. The average Bonchev–Trinajstić information content (AvgIpc) is 2.63. The van der Waals surface area contributed by atoms with E-state index in [-0.39, 0.29) is 11.7 Å². The number of rotatable bonds is 2. The van der Waals surface area contributed by atoms with Crippen LogP contribution < -0.4 is 5.32 Å². The highest BCUT2D eigenvalue weighted by atomic mass is 79.9.